The summed E-state index contributed by atoms with van der Waals surface area (Å²) in [5.41, 5.74) is 1.94. The topological polar surface area (TPSA) is 20.2 Å². The molecule has 0 heterocycles. The summed E-state index contributed by atoms with van der Waals surface area (Å²) in [5, 5.41) is 11.2. The fraction of sp³-hybridized carbons (Fsp3) is 0.667. The minimum atomic E-state index is -0.636. The molecule has 2 fully saturated rings. The zero-order valence-corrected chi connectivity index (χ0v) is 12.3. The lowest BCUT2D eigenvalue weighted by Gasteiger charge is -2.47. The summed E-state index contributed by atoms with van der Waals surface area (Å²) in [6.45, 7) is 4.43. The standard InChI is InChI=1S/C18H26O/c1-17(2)12-3-4-13-18(17,19)16-10-8-15(9-11-16)14-6-5-7-14/h8-11,14,19H,3-7,12-13H2,1-2H3. The van der Waals surface area contributed by atoms with Crippen LogP contribution in [-0.4, -0.2) is 5.11 Å². The van der Waals surface area contributed by atoms with E-state index in [1.54, 1.807) is 0 Å². The molecule has 1 unspecified atom stereocenters. The van der Waals surface area contributed by atoms with Crippen LogP contribution in [0.25, 0.3) is 0 Å². The SMILES string of the molecule is CC1(C)CCCCC1(O)c1ccc(C2CCC2)cc1. The van der Waals surface area contributed by atoms with Crippen molar-refractivity contribution >= 4 is 0 Å². The Balaban J connectivity index is 1.87. The molecule has 1 nitrogen and oxygen atoms in total. The van der Waals surface area contributed by atoms with Crippen molar-refractivity contribution in [3.05, 3.63) is 35.4 Å². The molecule has 1 heteroatoms. The quantitative estimate of drug-likeness (QED) is 0.812. The summed E-state index contributed by atoms with van der Waals surface area (Å²) in [6, 6.07) is 8.87. The second kappa shape index (κ2) is 4.63. The molecule has 3 rings (SSSR count). The van der Waals surface area contributed by atoms with Crippen molar-refractivity contribution in [1.82, 2.24) is 0 Å². The molecule has 19 heavy (non-hydrogen) atoms. The van der Waals surface area contributed by atoms with Crippen molar-refractivity contribution in [3.63, 3.8) is 0 Å². The molecule has 0 bridgehead atoms. The van der Waals surface area contributed by atoms with Crippen LogP contribution in [0.3, 0.4) is 0 Å². The van der Waals surface area contributed by atoms with Crippen LogP contribution < -0.4 is 0 Å². The first-order chi connectivity index (χ1) is 9.03. The molecule has 1 atom stereocenters. The highest BCUT2D eigenvalue weighted by Crippen LogP contribution is 2.50. The third-order valence-corrected chi connectivity index (χ3v) is 5.67. The minimum Gasteiger partial charge on any atom is -0.385 e. The minimum absolute atomic E-state index is 0.0107. The summed E-state index contributed by atoms with van der Waals surface area (Å²) in [4.78, 5) is 0. The Hall–Kier alpha value is -0.820. The number of hydrogen-bond acceptors (Lipinski definition) is 1. The average molecular weight is 258 g/mol. The molecular weight excluding hydrogens is 232 g/mol. The number of rotatable bonds is 2. The predicted molar refractivity (Wildman–Crippen MR) is 79.2 cm³/mol. The zero-order chi connectivity index (χ0) is 13.5. The molecule has 0 spiro atoms. The Morgan fingerprint density at radius 3 is 2.11 bits per heavy atom. The monoisotopic (exact) mass is 258 g/mol. The summed E-state index contributed by atoms with van der Waals surface area (Å²) in [7, 11) is 0. The maximum absolute atomic E-state index is 11.2. The van der Waals surface area contributed by atoms with Gasteiger partial charge in [0.2, 0.25) is 0 Å². The lowest BCUT2D eigenvalue weighted by atomic mass is 9.62. The van der Waals surface area contributed by atoms with Crippen LogP contribution in [0.5, 0.6) is 0 Å². The smallest absolute Gasteiger partial charge is 0.0947 e. The van der Waals surface area contributed by atoms with E-state index in [0.29, 0.717) is 0 Å². The highest BCUT2D eigenvalue weighted by molar-refractivity contribution is 5.31. The van der Waals surface area contributed by atoms with Gasteiger partial charge in [-0.1, -0.05) is 57.4 Å². The van der Waals surface area contributed by atoms with Gasteiger partial charge in [0.25, 0.3) is 0 Å². The van der Waals surface area contributed by atoms with Crippen LogP contribution in [0.2, 0.25) is 0 Å². The first kappa shape index (κ1) is 13.2. The molecule has 104 valence electrons. The van der Waals surface area contributed by atoms with Crippen molar-refractivity contribution in [1.29, 1.82) is 0 Å². The van der Waals surface area contributed by atoms with Gasteiger partial charge in [0.1, 0.15) is 0 Å². The molecular formula is C18H26O. The highest BCUT2D eigenvalue weighted by atomic mass is 16.3. The summed E-state index contributed by atoms with van der Waals surface area (Å²) in [6.07, 6.45) is 8.48. The van der Waals surface area contributed by atoms with Gasteiger partial charge in [0, 0.05) is 0 Å². The molecule has 2 aliphatic rings. The average Bonchev–Trinajstić information content (AvgIpc) is 2.32. The van der Waals surface area contributed by atoms with E-state index in [9.17, 15) is 5.11 Å². The number of benzene rings is 1. The van der Waals surface area contributed by atoms with Gasteiger partial charge in [-0.05, 0) is 48.1 Å². The second-order valence-corrected chi connectivity index (χ2v) is 7.20. The molecule has 2 aliphatic carbocycles. The van der Waals surface area contributed by atoms with Gasteiger partial charge < -0.3 is 5.11 Å². The molecule has 1 aromatic rings. The van der Waals surface area contributed by atoms with Crippen LogP contribution in [0.1, 0.15) is 75.8 Å². The van der Waals surface area contributed by atoms with Crippen LogP contribution in [0.4, 0.5) is 0 Å². The number of hydrogen-bond donors (Lipinski definition) is 1. The maximum atomic E-state index is 11.2. The van der Waals surface area contributed by atoms with Crippen molar-refractivity contribution in [2.75, 3.05) is 0 Å². The van der Waals surface area contributed by atoms with Crippen molar-refractivity contribution in [3.8, 4) is 0 Å². The summed E-state index contributed by atoms with van der Waals surface area (Å²) < 4.78 is 0. The number of aliphatic hydroxyl groups is 1. The van der Waals surface area contributed by atoms with E-state index in [1.807, 2.05) is 0 Å². The van der Waals surface area contributed by atoms with Gasteiger partial charge in [-0.3, -0.25) is 0 Å². The Morgan fingerprint density at radius 1 is 0.947 bits per heavy atom. The molecule has 1 aromatic carbocycles. The van der Waals surface area contributed by atoms with Crippen molar-refractivity contribution in [2.45, 2.75) is 70.3 Å². The van der Waals surface area contributed by atoms with Crippen molar-refractivity contribution in [2.24, 2.45) is 5.41 Å². The van der Waals surface area contributed by atoms with Gasteiger partial charge in [-0.15, -0.1) is 0 Å². The van der Waals surface area contributed by atoms with E-state index >= 15 is 0 Å². The van der Waals surface area contributed by atoms with Gasteiger partial charge in [0.15, 0.2) is 0 Å². The van der Waals surface area contributed by atoms with Crippen LogP contribution in [0, 0.1) is 5.41 Å². The zero-order valence-electron chi connectivity index (χ0n) is 12.3. The van der Waals surface area contributed by atoms with Crippen LogP contribution in [-0.2, 0) is 5.60 Å². The predicted octanol–water partition coefficient (Wildman–Crippen LogP) is 4.74. The Labute approximate surface area is 117 Å². The summed E-state index contributed by atoms with van der Waals surface area (Å²) in [5.74, 6) is 0.781. The van der Waals surface area contributed by atoms with E-state index in [0.717, 1.165) is 30.7 Å². The lowest BCUT2D eigenvalue weighted by molar-refractivity contribution is -0.103. The molecule has 2 saturated carbocycles. The second-order valence-electron chi connectivity index (χ2n) is 7.20. The molecule has 0 radical (unpaired) electrons. The van der Waals surface area contributed by atoms with Gasteiger partial charge in [0.05, 0.1) is 5.60 Å². The molecule has 1 N–H and O–H groups in total. The van der Waals surface area contributed by atoms with Gasteiger partial charge in [-0.2, -0.15) is 0 Å². The van der Waals surface area contributed by atoms with Crippen LogP contribution in [0.15, 0.2) is 24.3 Å². The first-order valence-corrected chi connectivity index (χ1v) is 7.86. The van der Waals surface area contributed by atoms with E-state index in [2.05, 4.69) is 38.1 Å². The van der Waals surface area contributed by atoms with E-state index in [4.69, 9.17) is 0 Å². The normalized spacial score (nSPS) is 30.9. The van der Waals surface area contributed by atoms with Crippen molar-refractivity contribution < 1.29 is 5.11 Å². The van der Waals surface area contributed by atoms with Crippen LogP contribution >= 0.6 is 0 Å². The summed E-state index contributed by atoms with van der Waals surface area (Å²) >= 11 is 0. The molecule has 0 aromatic heterocycles. The fourth-order valence-electron chi connectivity index (χ4n) is 3.80. The maximum Gasteiger partial charge on any atom is 0.0947 e. The Kier molecular flexibility index (Phi) is 3.21. The Bertz CT molecular complexity index is 441. The Morgan fingerprint density at radius 2 is 1.58 bits per heavy atom. The first-order valence-electron chi connectivity index (χ1n) is 7.86. The van der Waals surface area contributed by atoms with Gasteiger partial charge >= 0.3 is 0 Å². The van der Waals surface area contributed by atoms with Gasteiger partial charge in [-0.25, -0.2) is 0 Å². The molecule has 0 saturated heterocycles. The molecule has 0 aliphatic heterocycles. The molecule has 0 amide bonds. The third kappa shape index (κ3) is 2.12. The largest absolute Gasteiger partial charge is 0.385 e. The van der Waals surface area contributed by atoms with E-state index in [1.165, 1.54) is 31.2 Å². The third-order valence-electron chi connectivity index (χ3n) is 5.67. The fourth-order valence-corrected chi connectivity index (χ4v) is 3.80. The lowest BCUT2D eigenvalue weighted by Crippen LogP contribution is -2.44. The van der Waals surface area contributed by atoms with E-state index in [-0.39, 0.29) is 5.41 Å². The highest BCUT2D eigenvalue weighted by Gasteiger charge is 2.46. The van der Waals surface area contributed by atoms with E-state index < -0.39 is 5.60 Å².